The summed E-state index contributed by atoms with van der Waals surface area (Å²) in [5, 5.41) is 18.0. The van der Waals surface area contributed by atoms with Crippen molar-refractivity contribution in [3.63, 3.8) is 0 Å². The molecule has 6 heteroatoms. The number of fused-ring (bicyclic) bond motifs is 1. The predicted molar refractivity (Wildman–Crippen MR) is 47.9 cm³/mol. The molecule has 0 aliphatic heterocycles. The van der Waals surface area contributed by atoms with E-state index < -0.39 is 17.6 Å². The number of furan rings is 1. The molecule has 0 amide bonds. The molecule has 0 unspecified atom stereocenters. The summed E-state index contributed by atoms with van der Waals surface area (Å²) in [6.07, 6.45) is 1.31. The molecule has 0 aliphatic rings. The first kappa shape index (κ1) is 9.20. The van der Waals surface area contributed by atoms with Gasteiger partial charge in [0.1, 0.15) is 0 Å². The second-order valence-corrected chi connectivity index (χ2v) is 2.81. The van der Waals surface area contributed by atoms with Crippen molar-refractivity contribution < 1.29 is 24.2 Å². The van der Waals surface area contributed by atoms with Crippen molar-refractivity contribution in [3.8, 4) is 0 Å². The molecule has 0 aromatic carbocycles. The summed E-state index contributed by atoms with van der Waals surface area (Å²) in [6, 6.07) is 2.73. The van der Waals surface area contributed by atoms with Crippen molar-refractivity contribution in [1.82, 2.24) is 4.98 Å². The van der Waals surface area contributed by atoms with Crippen LogP contribution in [0.1, 0.15) is 20.8 Å². The fraction of sp³-hybridized carbons (Fsp3) is 0. The van der Waals surface area contributed by atoms with E-state index in [0.29, 0.717) is 5.39 Å². The lowest BCUT2D eigenvalue weighted by molar-refractivity contribution is 0.0646. The lowest BCUT2D eigenvalue weighted by Gasteiger charge is -1.99. The van der Waals surface area contributed by atoms with Gasteiger partial charge >= 0.3 is 11.9 Å². The Morgan fingerprint density at radius 1 is 1.27 bits per heavy atom. The van der Waals surface area contributed by atoms with Gasteiger partial charge in [0.05, 0.1) is 11.8 Å². The van der Waals surface area contributed by atoms with E-state index >= 15 is 0 Å². The first-order valence-electron chi connectivity index (χ1n) is 3.94. The van der Waals surface area contributed by atoms with Crippen molar-refractivity contribution in [2.45, 2.75) is 0 Å². The van der Waals surface area contributed by atoms with Gasteiger partial charge in [-0.1, -0.05) is 0 Å². The van der Waals surface area contributed by atoms with E-state index in [4.69, 9.17) is 14.6 Å². The summed E-state index contributed by atoms with van der Waals surface area (Å²) < 4.78 is 4.88. The van der Waals surface area contributed by atoms with Crippen LogP contribution in [-0.4, -0.2) is 27.1 Å². The molecule has 2 heterocycles. The molecule has 0 aliphatic carbocycles. The normalized spacial score (nSPS) is 10.4. The SMILES string of the molecule is O=C(O)c1cc2ccoc2nc1C(=O)O. The van der Waals surface area contributed by atoms with Crippen LogP contribution in [0.15, 0.2) is 22.8 Å². The van der Waals surface area contributed by atoms with Gasteiger partial charge in [0, 0.05) is 5.39 Å². The summed E-state index contributed by atoms with van der Waals surface area (Å²) in [5.74, 6) is -2.73. The number of aromatic carboxylic acids is 2. The van der Waals surface area contributed by atoms with Gasteiger partial charge in [-0.2, -0.15) is 0 Å². The van der Waals surface area contributed by atoms with E-state index in [1.54, 1.807) is 0 Å². The molecule has 2 aromatic rings. The summed E-state index contributed by atoms with van der Waals surface area (Å²) in [5.41, 5.74) is -0.765. The van der Waals surface area contributed by atoms with E-state index in [-0.39, 0.29) is 11.3 Å². The quantitative estimate of drug-likeness (QED) is 0.767. The summed E-state index contributed by atoms with van der Waals surface area (Å²) >= 11 is 0. The molecule has 0 saturated heterocycles. The zero-order chi connectivity index (χ0) is 11.0. The molecular formula is C9H5NO5. The van der Waals surface area contributed by atoms with Gasteiger partial charge in [-0.15, -0.1) is 0 Å². The molecule has 0 saturated carbocycles. The molecule has 0 bridgehead atoms. The molecule has 0 fully saturated rings. The van der Waals surface area contributed by atoms with Crippen LogP contribution in [0.25, 0.3) is 11.1 Å². The summed E-state index contributed by atoms with van der Waals surface area (Å²) in [7, 11) is 0. The number of nitrogens with zero attached hydrogens (tertiary/aromatic N) is 1. The number of aromatic nitrogens is 1. The van der Waals surface area contributed by atoms with Crippen LogP contribution in [0.2, 0.25) is 0 Å². The first-order valence-corrected chi connectivity index (χ1v) is 3.94. The van der Waals surface area contributed by atoms with Crippen LogP contribution >= 0.6 is 0 Å². The number of carboxylic acids is 2. The average molecular weight is 207 g/mol. The number of hydrogen-bond acceptors (Lipinski definition) is 4. The zero-order valence-corrected chi connectivity index (χ0v) is 7.30. The molecule has 2 aromatic heterocycles. The van der Waals surface area contributed by atoms with Crippen LogP contribution in [-0.2, 0) is 0 Å². The van der Waals surface area contributed by atoms with Gasteiger partial charge in [0.15, 0.2) is 5.69 Å². The second-order valence-electron chi connectivity index (χ2n) is 2.81. The highest BCUT2D eigenvalue weighted by atomic mass is 16.4. The largest absolute Gasteiger partial charge is 0.478 e. The monoisotopic (exact) mass is 207 g/mol. The Kier molecular flexibility index (Phi) is 1.89. The number of carboxylic acid groups (broad SMARTS) is 2. The van der Waals surface area contributed by atoms with Gasteiger partial charge in [0.25, 0.3) is 0 Å². The fourth-order valence-corrected chi connectivity index (χ4v) is 1.22. The highest BCUT2D eigenvalue weighted by Crippen LogP contribution is 2.17. The van der Waals surface area contributed by atoms with Crippen molar-refractivity contribution in [1.29, 1.82) is 0 Å². The van der Waals surface area contributed by atoms with Crippen LogP contribution in [0, 0.1) is 0 Å². The third kappa shape index (κ3) is 1.41. The van der Waals surface area contributed by atoms with Crippen LogP contribution < -0.4 is 0 Å². The van der Waals surface area contributed by atoms with Crippen LogP contribution in [0.5, 0.6) is 0 Å². The molecule has 2 rings (SSSR count). The Balaban J connectivity index is 2.79. The molecule has 6 nitrogen and oxygen atoms in total. The minimum Gasteiger partial charge on any atom is -0.478 e. The Bertz CT molecular complexity index is 509. The molecule has 15 heavy (non-hydrogen) atoms. The molecule has 76 valence electrons. The summed E-state index contributed by atoms with van der Waals surface area (Å²) in [4.78, 5) is 25.1. The average Bonchev–Trinajstić information content (AvgIpc) is 2.61. The molecular weight excluding hydrogens is 202 g/mol. The molecule has 0 radical (unpaired) electrons. The van der Waals surface area contributed by atoms with Crippen molar-refractivity contribution in [2.75, 3.05) is 0 Å². The topological polar surface area (TPSA) is 101 Å². The molecule has 2 N–H and O–H groups in total. The fourth-order valence-electron chi connectivity index (χ4n) is 1.22. The van der Waals surface area contributed by atoms with Gasteiger partial charge in [-0.05, 0) is 12.1 Å². The van der Waals surface area contributed by atoms with E-state index in [9.17, 15) is 9.59 Å². The maximum absolute atomic E-state index is 10.8. The van der Waals surface area contributed by atoms with Crippen molar-refractivity contribution >= 4 is 23.0 Å². The Morgan fingerprint density at radius 2 is 2.00 bits per heavy atom. The van der Waals surface area contributed by atoms with E-state index in [1.807, 2.05) is 0 Å². The lowest BCUT2D eigenvalue weighted by Crippen LogP contribution is -2.10. The van der Waals surface area contributed by atoms with E-state index in [0.717, 1.165) is 0 Å². The Labute approximate surface area is 82.8 Å². The summed E-state index contributed by atoms with van der Waals surface area (Å²) in [6.45, 7) is 0. The number of hydrogen-bond donors (Lipinski definition) is 2. The smallest absolute Gasteiger partial charge is 0.355 e. The zero-order valence-electron chi connectivity index (χ0n) is 7.30. The third-order valence-corrected chi connectivity index (χ3v) is 1.88. The van der Waals surface area contributed by atoms with Crippen LogP contribution in [0.4, 0.5) is 0 Å². The predicted octanol–water partition coefficient (Wildman–Crippen LogP) is 1.22. The minimum atomic E-state index is -1.40. The standard InChI is InChI=1S/C9H5NO5/c11-8(12)5-3-4-1-2-15-7(4)10-6(5)9(13)14/h1-3H,(H,11,12)(H,13,14). The van der Waals surface area contributed by atoms with E-state index in [1.165, 1.54) is 18.4 Å². The molecule has 0 spiro atoms. The van der Waals surface area contributed by atoms with Gasteiger partial charge < -0.3 is 14.6 Å². The Morgan fingerprint density at radius 3 is 2.60 bits per heavy atom. The third-order valence-electron chi connectivity index (χ3n) is 1.88. The number of rotatable bonds is 2. The van der Waals surface area contributed by atoms with Gasteiger partial charge in [0.2, 0.25) is 5.71 Å². The van der Waals surface area contributed by atoms with Crippen LogP contribution in [0.3, 0.4) is 0 Å². The second kappa shape index (κ2) is 3.09. The highest BCUT2D eigenvalue weighted by molar-refractivity contribution is 6.02. The lowest BCUT2D eigenvalue weighted by atomic mass is 10.1. The molecule has 0 atom stereocenters. The maximum atomic E-state index is 10.8. The van der Waals surface area contributed by atoms with Gasteiger partial charge in [-0.25, -0.2) is 14.6 Å². The van der Waals surface area contributed by atoms with E-state index in [2.05, 4.69) is 4.98 Å². The highest BCUT2D eigenvalue weighted by Gasteiger charge is 2.19. The number of pyridine rings is 1. The van der Waals surface area contributed by atoms with Crippen molar-refractivity contribution in [3.05, 3.63) is 29.7 Å². The number of carbonyl (C=O) groups is 2. The first-order chi connectivity index (χ1) is 7.09. The Hall–Kier alpha value is -2.37. The minimum absolute atomic E-state index is 0.109. The maximum Gasteiger partial charge on any atom is 0.355 e. The van der Waals surface area contributed by atoms with Gasteiger partial charge in [-0.3, -0.25) is 0 Å². The van der Waals surface area contributed by atoms with Crippen molar-refractivity contribution in [2.24, 2.45) is 0 Å².